The van der Waals surface area contributed by atoms with Crippen molar-refractivity contribution in [2.24, 2.45) is 5.10 Å². The second-order valence-corrected chi connectivity index (χ2v) is 7.57. The van der Waals surface area contributed by atoms with Gasteiger partial charge in [0.05, 0.1) is 22.6 Å². The molecule has 1 aliphatic heterocycles. The fraction of sp³-hybridized carbons (Fsp3) is 0.300. The zero-order valence-corrected chi connectivity index (χ0v) is 17.4. The Bertz CT molecular complexity index is 880. The van der Waals surface area contributed by atoms with E-state index in [0.29, 0.717) is 22.6 Å². The summed E-state index contributed by atoms with van der Waals surface area (Å²) in [5.74, 6) is 0.00746. The summed E-state index contributed by atoms with van der Waals surface area (Å²) in [7, 11) is 1.56. The van der Waals surface area contributed by atoms with Crippen molar-refractivity contribution in [2.45, 2.75) is 19.8 Å². The number of hydrogen-bond donors (Lipinski definition) is 1. The molecule has 1 amide bonds. The van der Waals surface area contributed by atoms with Crippen LogP contribution in [0.15, 0.2) is 35.4 Å². The molecule has 3 rings (SSSR count). The van der Waals surface area contributed by atoms with Gasteiger partial charge in [0, 0.05) is 24.2 Å². The van der Waals surface area contributed by atoms with Crippen LogP contribution in [-0.2, 0) is 0 Å². The van der Waals surface area contributed by atoms with E-state index in [1.165, 1.54) is 12.3 Å². The van der Waals surface area contributed by atoms with E-state index in [0.717, 1.165) is 35.1 Å². The second kappa shape index (κ2) is 8.69. The van der Waals surface area contributed by atoms with E-state index in [-0.39, 0.29) is 11.7 Å². The highest BCUT2D eigenvalue weighted by Gasteiger charge is 2.17. The van der Waals surface area contributed by atoms with Gasteiger partial charge in [-0.25, -0.2) is 9.82 Å². The van der Waals surface area contributed by atoms with E-state index in [2.05, 4.69) is 38.0 Å². The lowest BCUT2D eigenvalue weighted by molar-refractivity contribution is 0.0954. The molecule has 1 heterocycles. The zero-order valence-electron chi connectivity index (χ0n) is 15.3. The summed E-state index contributed by atoms with van der Waals surface area (Å²) >= 11 is 2.13. The molecule has 0 saturated carbocycles. The average molecular weight is 481 g/mol. The molecule has 5 nitrogen and oxygen atoms in total. The number of ether oxygens (including phenoxy) is 1. The first-order valence-corrected chi connectivity index (χ1v) is 9.79. The molecule has 1 aliphatic rings. The van der Waals surface area contributed by atoms with Crippen molar-refractivity contribution in [2.75, 3.05) is 25.1 Å². The molecule has 1 saturated heterocycles. The van der Waals surface area contributed by atoms with Gasteiger partial charge in [0.2, 0.25) is 0 Å². The largest absolute Gasteiger partial charge is 0.496 e. The number of nitrogens with one attached hydrogen (secondary N) is 1. The minimum Gasteiger partial charge on any atom is -0.496 e. The smallest absolute Gasteiger partial charge is 0.271 e. The maximum absolute atomic E-state index is 14.4. The molecule has 27 heavy (non-hydrogen) atoms. The van der Waals surface area contributed by atoms with Gasteiger partial charge in [0.1, 0.15) is 11.6 Å². The van der Waals surface area contributed by atoms with Crippen LogP contribution in [0.5, 0.6) is 5.75 Å². The van der Waals surface area contributed by atoms with Gasteiger partial charge in [0.25, 0.3) is 5.91 Å². The van der Waals surface area contributed by atoms with Crippen molar-refractivity contribution in [1.82, 2.24) is 5.43 Å². The molecule has 0 aromatic heterocycles. The molecule has 2 aromatic carbocycles. The third-order valence-electron chi connectivity index (χ3n) is 4.57. The molecule has 0 spiro atoms. The zero-order chi connectivity index (χ0) is 19.4. The van der Waals surface area contributed by atoms with Gasteiger partial charge in [-0.3, -0.25) is 4.79 Å². The van der Waals surface area contributed by atoms with Gasteiger partial charge < -0.3 is 9.64 Å². The summed E-state index contributed by atoms with van der Waals surface area (Å²) in [6.45, 7) is 3.69. The molecule has 0 aliphatic carbocycles. The Morgan fingerprint density at radius 3 is 2.74 bits per heavy atom. The Kier molecular flexibility index (Phi) is 6.30. The van der Waals surface area contributed by atoms with Crippen molar-refractivity contribution in [3.8, 4) is 5.75 Å². The lowest BCUT2D eigenvalue weighted by Gasteiger charge is -2.19. The number of methoxy groups -OCH3 is 1. The van der Waals surface area contributed by atoms with Crippen molar-refractivity contribution in [1.29, 1.82) is 0 Å². The van der Waals surface area contributed by atoms with Crippen LogP contribution in [0.3, 0.4) is 0 Å². The van der Waals surface area contributed by atoms with Crippen LogP contribution >= 0.6 is 22.6 Å². The van der Waals surface area contributed by atoms with Gasteiger partial charge >= 0.3 is 0 Å². The van der Waals surface area contributed by atoms with Crippen LogP contribution in [0.2, 0.25) is 0 Å². The molecule has 2 aromatic rings. The van der Waals surface area contributed by atoms with E-state index in [1.54, 1.807) is 25.3 Å². The Labute approximate surface area is 171 Å². The minimum absolute atomic E-state index is 0.266. The first-order valence-electron chi connectivity index (χ1n) is 8.71. The van der Waals surface area contributed by atoms with Gasteiger partial charge in [0.15, 0.2) is 0 Å². The molecule has 1 fully saturated rings. The maximum atomic E-state index is 14.4. The van der Waals surface area contributed by atoms with Gasteiger partial charge in [-0.1, -0.05) is 0 Å². The fourth-order valence-electron chi connectivity index (χ4n) is 3.05. The first-order chi connectivity index (χ1) is 13.0. The van der Waals surface area contributed by atoms with Crippen LogP contribution < -0.4 is 15.1 Å². The summed E-state index contributed by atoms with van der Waals surface area (Å²) in [5.41, 5.74) is 5.10. The van der Waals surface area contributed by atoms with Crippen LogP contribution in [0.25, 0.3) is 0 Å². The third kappa shape index (κ3) is 4.58. The van der Waals surface area contributed by atoms with Crippen LogP contribution in [-0.4, -0.2) is 32.3 Å². The molecule has 142 valence electrons. The number of hydrogen-bond acceptors (Lipinski definition) is 4. The highest BCUT2D eigenvalue weighted by atomic mass is 127. The van der Waals surface area contributed by atoms with Crippen molar-refractivity contribution in [3.63, 3.8) is 0 Å². The Hall–Kier alpha value is -2.16. The fourth-order valence-corrected chi connectivity index (χ4v) is 3.60. The standard InChI is InChI=1S/C20H21FIN3O2/c1-13-9-18(25-7-3-4-8-25)16(21)10-15(13)12-23-24-20(26)14-5-6-17(22)19(11-14)27-2/h5-6,9-12H,3-4,7-8H2,1-2H3,(H,24,26). The number of carbonyl (C=O) groups excluding carboxylic acids is 1. The molecule has 7 heteroatoms. The number of benzene rings is 2. The molecule has 0 radical (unpaired) electrons. The van der Waals surface area contributed by atoms with E-state index >= 15 is 0 Å². The lowest BCUT2D eigenvalue weighted by atomic mass is 10.1. The number of amides is 1. The molecule has 1 N–H and O–H groups in total. The average Bonchev–Trinajstić information content (AvgIpc) is 3.19. The number of hydrazone groups is 1. The van der Waals surface area contributed by atoms with Crippen LogP contribution in [0.1, 0.15) is 34.3 Å². The molecule has 0 bridgehead atoms. The quantitative estimate of drug-likeness (QED) is 0.398. The summed E-state index contributed by atoms with van der Waals surface area (Å²) in [4.78, 5) is 14.3. The van der Waals surface area contributed by atoms with Crippen molar-refractivity contribution >= 4 is 40.4 Å². The number of rotatable bonds is 5. The maximum Gasteiger partial charge on any atom is 0.271 e. The molecular formula is C20H21FIN3O2. The Balaban J connectivity index is 1.70. The Morgan fingerprint density at radius 1 is 1.30 bits per heavy atom. The van der Waals surface area contributed by atoms with Crippen molar-refractivity contribution < 1.29 is 13.9 Å². The van der Waals surface area contributed by atoms with Gasteiger partial charge in [-0.05, 0) is 78.3 Å². The number of anilines is 1. The molecule has 0 atom stereocenters. The minimum atomic E-state index is -0.354. The van der Waals surface area contributed by atoms with E-state index in [1.807, 2.05) is 13.0 Å². The van der Waals surface area contributed by atoms with Crippen LogP contribution in [0, 0.1) is 16.3 Å². The SMILES string of the molecule is COc1cc(C(=O)NN=Cc2cc(F)c(N3CCCC3)cc2C)ccc1I. The summed E-state index contributed by atoms with van der Waals surface area (Å²) in [6.07, 6.45) is 3.65. The highest BCUT2D eigenvalue weighted by molar-refractivity contribution is 14.1. The van der Waals surface area contributed by atoms with Gasteiger partial charge in [-0.2, -0.15) is 5.10 Å². The number of carbonyl (C=O) groups is 1. The lowest BCUT2D eigenvalue weighted by Crippen LogP contribution is -2.19. The van der Waals surface area contributed by atoms with E-state index < -0.39 is 0 Å². The van der Waals surface area contributed by atoms with E-state index in [9.17, 15) is 9.18 Å². The number of nitrogens with zero attached hydrogens (tertiary/aromatic N) is 2. The molecule has 0 unspecified atom stereocenters. The highest BCUT2D eigenvalue weighted by Crippen LogP contribution is 2.26. The van der Waals surface area contributed by atoms with Crippen molar-refractivity contribution in [3.05, 3.63) is 56.4 Å². The predicted molar refractivity (Wildman–Crippen MR) is 113 cm³/mol. The second-order valence-electron chi connectivity index (χ2n) is 6.40. The topological polar surface area (TPSA) is 53.9 Å². The monoisotopic (exact) mass is 481 g/mol. The Morgan fingerprint density at radius 2 is 2.04 bits per heavy atom. The predicted octanol–water partition coefficient (Wildman–Crippen LogP) is 4.11. The first kappa shape index (κ1) is 19.6. The van der Waals surface area contributed by atoms with E-state index in [4.69, 9.17) is 4.74 Å². The summed E-state index contributed by atoms with van der Waals surface area (Å²) in [6, 6.07) is 8.46. The van der Waals surface area contributed by atoms with Gasteiger partial charge in [-0.15, -0.1) is 0 Å². The molecular weight excluding hydrogens is 460 g/mol. The third-order valence-corrected chi connectivity index (χ3v) is 5.46. The van der Waals surface area contributed by atoms with Crippen LogP contribution in [0.4, 0.5) is 10.1 Å². The number of aryl methyl sites for hydroxylation is 1. The number of halogens is 2. The normalized spacial score (nSPS) is 14.0. The summed E-state index contributed by atoms with van der Waals surface area (Å²) < 4.78 is 20.6. The summed E-state index contributed by atoms with van der Waals surface area (Å²) in [5, 5.41) is 3.98.